The number of aliphatic imine (C=N–C) groups is 1. The molecule has 5 rings (SSSR count). The van der Waals surface area contributed by atoms with Crippen molar-refractivity contribution in [2.24, 2.45) is 4.99 Å². The Bertz CT molecular complexity index is 1550. The number of rotatable bonds is 9. The lowest BCUT2D eigenvalue weighted by Gasteiger charge is -2.17. The SMILES string of the molecule is COc1cc(C(=O)CC2=NC3NN(c4ccccc4)C(=O)C3=C2CC(=O)c2ccc(O)c(OC)c2)ccc1O. The molecule has 39 heavy (non-hydrogen) atoms. The van der Waals surface area contributed by atoms with E-state index in [1.807, 2.05) is 6.07 Å². The highest BCUT2D eigenvalue weighted by molar-refractivity contribution is 6.24. The average Bonchev–Trinajstić information content (AvgIpc) is 3.45. The summed E-state index contributed by atoms with van der Waals surface area (Å²) in [7, 11) is 2.76. The quantitative estimate of drug-likeness (QED) is 0.359. The summed E-state index contributed by atoms with van der Waals surface area (Å²) in [6.45, 7) is 0. The lowest BCUT2D eigenvalue weighted by atomic mass is 9.92. The molecule has 1 amide bonds. The molecule has 0 radical (unpaired) electrons. The van der Waals surface area contributed by atoms with E-state index in [1.54, 1.807) is 24.3 Å². The summed E-state index contributed by atoms with van der Waals surface area (Å²) >= 11 is 0. The van der Waals surface area contributed by atoms with Gasteiger partial charge in [-0.1, -0.05) is 18.2 Å². The number of amides is 1. The van der Waals surface area contributed by atoms with Crippen LogP contribution in [0, 0.1) is 0 Å². The molecule has 0 saturated carbocycles. The van der Waals surface area contributed by atoms with Crippen LogP contribution >= 0.6 is 0 Å². The Morgan fingerprint density at radius 2 is 1.44 bits per heavy atom. The third-order valence-corrected chi connectivity index (χ3v) is 6.60. The molecule has 0 bridgehead atoms. The fraction of sp³-hybridized carbons (Fsp3) is 0.172. The molecule has 0 spiro atoms. The number of fused-ring (bicyclic) bond motifs is 1. The van der Waals surface area contributed by atoms with Gasteiger partial charge in [0, 0.05) is 23.3 Å². The first-order valence-corrected chi connectivity index (χ1v) is 12.1. The van der Waals surface area contributed by atoms with Crippen molar-refractivity contribution in [1.82, 2.24) is 5.43 Å². The molecule has 10 nitrogen and oxygen atoms in total. The normalized spacial score (nSPS) is 16.3. The Balaban J connectivity index is 1.48. The third kappa shape index (κ3) is 4.85. The van der Waals surface area contributed by atoms with E-state index in [1.165, 1.54) is 55.6 Å². The monoisotopic (exact) mass is 527 g/mol. The molecular weight excluding hydrogens is 502 g/mol. The van der Waals surface area contributed by atoms with E-state index in [-0.39, 0.29) is 64.4 Å². The average molecular weight is 528 g/mol. The number of carbonyl (C=O) groups is 3. The summed E-state index contributed by atoms with van der Waals surface area (Å²) in [5, 5.41) is 21.2. The molecule has 1 atom stereocenters. The summed E-state index contributed by atoms with van der Waals surface area (Å²) in [5.41, 5.74) is 5.22. The van der Waals surface area contributed by atoms with Crippen molar-refractivity contribution in [1.29, 1.82) is 0 Å². The maximum absolute atomic E-state index is 13.5. The molecule has 1 saturated heterocycles. The van der Waals surface area contributed by atoms with Crippen LogP contribution in [0.5, 0.6) is 23.0 Å². The number of allylic oxidation sites excluding steroid dienone is 1. The molecule has 1 fully saturated rings. The van der Waals surface area contributed by atoms with Crippen molar-refractivity contribution < 1.29 is 34.1 Å². The van der Waals surface area contributed by atoms with Crippen molar-refractivity contribution >= 4 is 28.9 Å². The highest BCUT2D eigenvalue weighted by Crippen LogP contribution is 2.35. The number of Topliss-reactive ketones (excluding diaryl/α,β-unsaturated/α-hetero) is 2. The number of hydrazine groups is 1. The van der Waals surface area contributed by atoms with Crippen LogP contribution in [0.1, 0.15) is 33.6 Å². The molecule has 1 unspecified atom stereocenters. The van der Waals surface area contributed by atoms with Gasteiger partial charge in [0.05, 0.1) is 31.9 Å². The minimum absolute atomic E-state index is 0.102. The van der Waals surface area contributed by atoms with E-state index in [0.29, 0.717) is 22.5 Å². The number of benzene rings is 3. The van der Waals surface area contributed by atoms with Gasteiger partial charge < -0.3 is 19.7 Å². The summed E-state index contributed by atoms with van der Waals surface area (Å²) in [6, 6.07) is 17.5. The van der Waals surface area contributed by atoms with Crippen LogP contribution in [0.15, 0.2) is 82.9 Å². The largest absolute Gasteiger partial charge is 0.504 e. The third-order valence-electron chi connectivity index (χ3n) is 6.60. The number of aromatic hydroxyl groups is 2. The number of phenols is 2. The smallest absolute Gasteiger partial charge is 0.272 e. The minimum Gasteiger partial charge on any atom is -0.504 e. The highest BCUT2D eigenvalue weighted by Gasteiger charge is 2.43. The molecule has 3 aromatic rings. The van der Waals surface area contributed by atoms with Gasteiger partial charge in [0.1, 0.15) is 6.17 Å². The maximum atomic E-state index is 13.5. The molecule has 3 N–H and O–H groups in total. The molecule has 2 aliphatic rings. The van der Waals surface area contributed by atoms with Gasteiger partial charge in [-0.2, -0.15) is 5.43 Å². The summed E-state index contributed by atoms with van der Waals surface area (Å²) in [4.78, 5) is 44.7. The highest BCUT2D eigenvalue weighted by atomic mass is 16.5. The fourth-order valence-corrected chi connectivity index (χ4v) is 4.60. The number of ether oxygens (including phenoxy) is 2. The number of anilines is 1. The number of hydrogen-bond acceptors (Lipinski definition) is 9. The zero-order chi connectivity index (χ0) is 27.7. The van der Waals surface area contributed by atoms with E-state index in [2.05, 4.69) is 10.4 Å². The predicted molar refractivity (Wildman–Crippen MR) is 143 cm³/mol. The standard InChI is InChI=1S/C29H25N3O7/c1-38-25-12-16(8-10-21(25)33)23(35)14-19-20(15-24(36)17-9-11-22(34)26(13-17)39-2)30-28-27(19)29(37)32(31-28)18-6-4-3-5-7-18/h3-13,28,31,33-34H,14-15H2,1-2H3. The van der Waals surface area contributed by atoms with E-state index in [0.717, 1.165) is 0 Å². The van der Waals surface area contributed by atoms with E-state index in [4.69, 9.17) is 9.47 Å². The maximum Gasteiger partial charge on any atom is 0.272 e. The van der Waals surface area contributed by atoms with Gasteiger partial charge in [-0.25, -0.2) is 5.01 Å². The van der Waals surface area contributed by atoms with Gasteiger partial charge in [-0.05, 0) is 54.1 Å². The van der Waals surface area contributed by atoms with Crippen molar-refractivity contribution in [3.8, 4) is 23.0 Å². The van der Waals surface area contributed by atoms with Gasteiger partial charge >= 0.3 is 0 Å². The molecule has 3 aromatic carbocycles. The van der Waals surface area contributed by atoms with E-state index >= 15 is 0 Å². The van der Waals surface area contributed by atoms with Crippen molar-refractivity contribution in [3.05, 3.63) is 89.0 Å². The van der Waals surface area contributed by atoms with Crippen molar-refractivity contribution in [3.63, 3.8) is 0 Å². The topological polar surface area (TPSA) is 138 Å². The number of nitrogens with zero attached hydrogens (tertiary/aromatic N) is 2. The minimum atomic E-state index is -0.757. The zero-order valence-electron chi connectivity index (χ0n) is 21.2. The summed E-state index contributed by atoms with van der Waals surface area (Å²) < 4.78 is 10.2. The molecule has 10 heteroatoms. The second-order valence-corrected chi connectivity index (χ2v) is 8.95. The molecule has 0 aliphatic carbocycles. The molecule has 2 aliphatic heterocycles. The zero-order valence-corrected chi connectivity index (χ0v) is 21.2. The molecule has 0 aromatic heterocycles. The Labute approximate surface area is 223 Å². The van der Waals surface area contributed by atoms with Crippen LogP contribution in [0.4, 0.5) is 5.69 Å². The lowest BCUT2D eigenvalue weighted by Crippen LogP contribution is -2.37. The summed E-state index contributed by atoms with van der Waals surface area (Å²) in [5.74, 6) is -0.948. The van der Waals surface area contributed by atoms with Crippen LogP contribution in [-0.4, -0.2) is 53.8 Å². The number of methoxy groups -OCH3 is 2. The predicted octanol–water partition coefficient (Wildman–Crippen LogP) is 3.59. The van der Waals surface area contributed by atoms with E-state index in [9.17, 15) is 24.6 Å². The first kappa shape index (κ1) is 25.7. The Morgan fingerprint density at radius 3 is 2.00 bits per heavy atom. The fourth-order valence-electron chi connectivity index (χ4n) is 4.60. The molecular formula is C29H25N3O7. The number of hydrogen-bond donors (Lipinski definition) is 3. The Hall–Kier alpha value is -4.96. The number of nitrogens with one attached hydrogen (secondary N) is 1. The second kappa shape index (κ2) is 10.4. The van der Waals surface area contributed by atoms with Crippen LogP contribution in [-0.2, 0) is 4.79 Å². The number of para-hydroxylation sites is 1. The van der Waals surface area contributed by atoms with Gasteiger partial charge in [-0.3, -0.25) is 19.4 Å². The lowest BCUT2D eigenvalue weighted by molar-refractivity contribution is -0.114. The Kier molecular flexibility index (Phi) is 6.86. The summed E-state index contributed by atoms with van der Waals surface area (Å²) in [6.07, 6.45) is -1.12. The van der Waals surface area contributed by atoms with Crippen molar-refractivity contribution in [2.75, 3.05) is 19.2 Å². The Morgan fingerprint density at radius 1 is 0.872 bits per heavy atom. The van der Waals surface area contributed by atoms with Gasteiger partial charge in [-0.15, -0.1) is 0 Å². The first-order chi connectivity index (χ1) is 18.8. The first-order valence-electron chi connectivity index (χ1n) is 12.1. The van der Waals surface area contributed by atoms with Gasteiger partial charge in [0.15, 0.2) is 34.6 Å². The molecule has 2 heterocycles. The van der Waals surface area contributed by atoms with Gasteiger partial charge in [0.2, 0.25) is 0 Å². The molecule has 198 valence electrons. The number of carbonyl (C=O) groups excluding carboxylic acids is 3. The number of ketones is 2. The van der Waals surface area contributed by atoms with Crippen LogP contribution in [0.3, 0.4) is 0 Å². The van der Waals surface area contributed by atoms with E-state index < -0.39 is 6.17 Å². The van der Waals surface area contributed by atoms with Gasteiger partial charge in [0.25, 0.3) is 5.91 Å². The van der Waals surface area contributed by atoms with Crippen LogP contribution in [0.2, 0.25) is 0 Å². The van der Waals surface area contributed by atoms with Crippen LogP contribution < -0.4 is 19.9 Å². The van der Waals surface area contributed by atoms with Crippen molar-refractivity contribution in [2.45, 2.75) is 19.0 Å². The number of phenolic OH excluding ortho intramolecular Hbond substituents is 2. The van der Waals surface area contributed by atoms with Crippen LogP contribution in [0.25, 0.3) is 0 Å². The second-order valence-electron chi connectivity index (χ2n) is 8.95.